The molecule has 0 aliphatic carbocycles. The quantitative estimate of drug-likeness (QED) is 0.272. The van der Waals surface area contributed by atoms with E-state index in [1.165, 1.54) is 44.9 Å². The van der Waals surface area contributed by atoms with Gasteiger partial charge in [0.15, 0.2) is 0 Å². The fourth-order valence-electron chi connectivity index (χ4n) is 2.62. The van der Waals surface area contributed by atoms with Gasteiger partial charge in [0.2, 0.25) is 0 Å². The van der Waals surface area contributed by atoms with Crippen LogP contribution in [0.25, 0.3) is 0 Å². The second kappa shape index (κ2) is 16.8. The first-order valence-corrected chi connectivity index (χ1v) is 9.95. The van der Waals surface area contributed by atoms with Crippen molar-refractivity contribution in [2.45, 2.75) is 110 Å². The number of carbonyl (C=O) groups is 2. The lowest BCUT2D eigenvalue weighted by Gasteiger charge is -2.11. The average molecular weight is 343 g/mol. The summed E-state index contributed by atoms with van der Waals surface area (Å²) >= 11 is 0. The predicted molar refractivity (Wildman–Crippen MR) is 97.9 cm³/mol. The van der Waals surface area contributed by atoms with Crippen LogP contribution in [0.3, 0.4) is 0 Å². The Morgan fingerprint density at radius 1 is 0.750 bits per heavy atom. The lowest BCUT2D eigenvalue weighted by atomic mass is 10.1. The average Bonchev–Trinajstić information content (AvgIpc) is 2.55. The first-order chi connectivity index (χ1) is 11.6. The molecule has 0 heterocycles. The summed E-state index contributed by atoms with van der Waals surface area (Å²) in [6, 6.07) is 0. The minimum atomic E-state index is -0.309. The number of esters is 2. The van der Waals surface area contributed by atoms with Crippen molar-refractivity contribution in [1.82, 2.24) is 0 Å². The normalized spacial score (nSPS) is 12.0. The third-order valence-electron chi connectivity index (χ3n) is 4.07. The molecule has 0 amide bonds. The fourth-order valence-corrected chi connectivity index (χ4v) is 2.62. The van der Waals surface area contributed by atoms with E-state index >= 15 is 0 Å². The van der Waals surface area contributed by atoms with Crippen LogP contribution in [0.2, 0.25) is 0 Å². The maximum atomic E-state index is 11.6. The van der Waals surface area contributed by atoms with Crippen molar-refractivity contribution < 1.29 is 19.1 Å². The van der Waals surface area contributed by atoms with Crippen molar-refractivity contribution in [2.75, 3.05) is 6.61 Å². The molecule has 0 aromatic heterocycles. The van der Waals surface area contributed by atoms with Gasteiger partial charge in [0.05, 0.1) is 25.6 Å². The van der Waals surface area contributed by atoms with E-state index in [1.54, 1.807) is 0 Å². The first-order valence-electron chi connectivity index (χ1n) is 9.95. The molecule has 24 heavy (non-hydrogen) atoms. The zero-order valence-corrected chi connectivity index (χ0v) is 16.1. The predicted octanol–water partition coefficient (Wildman–Crippen LogP) is 5.57. The van der Waals surface area contributed by atoms with Crippen LogP contribution in [0.15, 0.2) is 0 Å². The summed E-state index contributed by atoms with van der Waals surface area (Å²) in [5, 5.41) is 0. The smallest absolute Gasteiger partial charge is 0.306 e. The minimum absolute atomic E-state index is 0.0690. The second-order valence-corrected chi connectivity index (χ2v) is 6.64. The molecule has 0 spiro atoms. The zero-order chi connectivity index (χ0) is 18.0. The summed E-state index contributed by atoms with van der Waals surface area (Å²) in [5.74, 6) is -0.606. The van der Waals surface area contributed by atoms with Crippen molar-refractivity contribution in [3.8, 4) is 0 Å². The van der Waals surface area contributed by atoms with E-state index in [1.807, 2.05) is 13.8 Å². The third kappa shape index (κ3) is 15.8. The largest absolute Gasteiger partial charge is 0.466 e. The molecule has 1 atom stereocenters. The highest BCUT2D eigenvalue weighted by Gasteiger charge is 2.11. The summed E-state index contributed by atoms with van der Waals surface area (Å²) in [5.41, 5.74) is 0. The van der Waals surface area contributed by atoms with Crippen LogP contribution in [0.1, 0.15) is 104 Å². The van der Waals surface area contributed by atoms with Gasteiger partial charge in [-0.25, -0.2) is 0 Å². The molecule has 0 radical (unpaired) electrons. The molecular formula is C20H38O4. The van der Waals surface area contributed by atoms with Crippen molar-refractivity contribution in [3.05, 3.63) is 0 Å². The van der Waals surface area contributed by atoms with Gasteiger partial charge in [-0.3, -0.25) is 9.59 Å². The van der Waals surface area contributed by atoms with Crippen LogP contribution in [0.5, 0.6) is 0 Å². The summed E-state index contributed by atoms with van der Waals surface area (Å²) in [4.78, 5) is 23.1. The van der Waals surface area contributed by atoms with Gasteiger partial charge in [-0.15, -0.1) is 0 Å². The van der Waals surface area contributed by atoms with Crippen molar-refractivity contribution in [1.29, 1.82) is 0 Å². The molecular weight excluding hydrogens is 304 g/mol. The van der Waals surface area contributed by atoms with Crippen molar-refractivity contribution >= 4 is 11.9 Å². The van der Waals surface area contributed by atoms with Crippen LogP contribution in [0.4, 0.5) is 0 Å². The van der Waals surface area contributed by atoms with Crippen LogP contribution in [0, 0.1) is 0 Å². The Kier molecular flexibility index (Phi) is 16.0. The number of hydrogen-bond donors (Lipinski definition) is 0. The molecule has 0 aliphatic heterocycles. The Balaban J connectivity index is 3.39. The number of ether oxygens (including phenoxy) is 2. The van der Waals surface area contributed by atoms with E-state index in [0.29, 0.717) is 6.61 Å². The first kappa shape index (κ1) is 22.9. The molecule has 1 unspecified atom stereocenters. The van der Waals surface area contributed by atoms with E-state index in [2.05, 4.69) is 6.92 Å². The SMILES string of the molecule is CCCCCCCCCCCOC(=O)CCC(=O)OC(C)CCC. The topological polar surface area (TPSA) is 52.6 Å². The van der Waals surface area contributed by atoms with Gasteiger partial charge >= 0.3 is 11.9 Å². The van der Waals surface area contributed by atoms with Gasteiger partial charge in [-0.1, -0.05) is 71.6 Å². The molecule has 0 aromatic rings. The maximum Gasteiger partial charge on any atom is 0.306 e. The Hall–Kier alpha value is -1.06. The lowest BCUT2D eigenvalue weighted by Crippen LogP contribution is -2.16. The molecule has 0 saturated heterocycles. The molecule has 0 N–H and O–H groups in total. The van der Waals surface area contributed by atoms with Crippen LogP contribution < -0.4 is 0 Å². The van der Waals surface area contributed by atoms with E-state index in [9.17, 15) is 9.59 Å². The maximum absolute atomic E-state index is 11.6. The zero-order valence-electron chi connectivity index (χ0n) is 16.1. The number of carbonyl (C=O) groups excluding carboxylic acids is 2. The fraction of sp³-hybridized carbons (Fsp3) is 0.900. The Labute approximate surface area is 148 Å². The molecule has 4 heteroatoms. The third-order valence-corrected chi connectivity index (χ3v) is 4.07. The lowest BCUT2D eigenvalue weighted by molar-refractivity contribution is -0.153. The van der Waals surface area contributed by atoms with E-state index in [0.717, 1.165) is 25.7 Å². The van der Waals surface area contributed by atoms with Crippen LogP contribution in [-0.4, -0.2) is 24.6 Å². The molecule has 0 fully saturated rings. The Morgan fingerprint density at radius 3 is 1.88 bits per heavy atom. The minimum Gasteiger partial charge on any atom is -0.466 e. The molecule has 0 aromatic carbocycles. The van der Waals surface area contributed by atoms with Gasteiger partial charge in [0.1, 0.15) is 0 Å². The molecule has 4 nitrogen and oxygen atoms in total. The summed E-state index contributed by atoms with van der Waals surface area (Å²) in [6.07, 6.45) is 13.2. The van der Waals surface area contributed by atoms with Crippen molar-refractivity contribution in [3.63, 3.8) is 0 Å². The van der Waals surface area contributed by atoms with E-state index in [4.69, 9.17) is 9.47 Å². The summed E-state index contributed by atoms with van der Waals surface area (Å²) < 4.78 is 10.4. The molecule has 0 rings (SSSR count). The Morgan fingerprint density at radius 2 is 1.29 bits per heavy atom. The number of hydrogen-bond acceptors (Lipinski definition) is 4. The highest BCUT2D eigenvalue weighted by molar-refractivity contribution is 5.77. The second-order valence-electron chi connectivity index (χ2n) is 6.64. The van der Waals surface area contributed by atoms with Gasteiger partial charge in [0, 0.05) is 0 Å². The van der Waals surface area contributed by atoms with E-state index < -0.39 is 0 Å². The molecule has 0 saturated carbocycles. The number of unbranched alkanes of at least 4 members (excludes halogenated alkanes) is 8. The number of rotatable bonds is 16. The molecule has 0 bridgehead atoms. The van der Waals surface area contributed by atoms with Gasteiger partial charge < -0.3 is 9.47 Å². The van der Waals surface area contributed by atoms with E-state index in [-0.39, 0.29) is 30.9 Å². The van der Waals surface area contributed by atoms with Crippen LogP contribution >= 0.6 is 0 Å². The highest BCUT2D eigenvalue weighted by Crippen LogP contribution is 2.10. The monoisotopic (exact) mass is 342 g/mol. The standard InChI is InChI=1S/C20H38O4/c1-4-6-7-8-9-10-11-12-13-17-23-19(21)15-16-20(22)24-18(3)14-5-2/h18H,4-17H2,1-3H3. The highest BCUT2D eigenvalue weighted by atomic mass is 16.5. The Bertz CT molecular complexity index is 315. The van der Waals surface area contributed by atoms with Gasteiger partial charge in [-0.2, -0.15) is 0 Å². The van der Waals surface area contributed by atoms with Gasteiger partial charge in [0.25, 0.3) is 0 Å². The molecule has 0 aliphatic rings. The summed E-state index contributed by atoms with van der Waals surface area (Å²) in [6.45, 7) is 6.63. The summed E-state index contributed by atoms with van der Waals surface area (Å²) in [7, 11) is 0. The van der Waals surface area contributed by atoms with Crippen molar-refractivity contribution in [2.24, 2.45) is 0 Å². The molecule has 142 valence electrons. The van der Waals surface area contributed by atoms with Crippen LogP contribution in [-0.2, 0) is 19.1 Å². The van der Waals surface area contributed by atoms with Gasteiger partial charge in [-0.05, 0) is 19.8 Å².